The maximum absolute atomic E-state index is 11.3. The predicted molar refractivity (Wildman–Crippen MR) is 82.1 cm³/mol. The molecule has 0 aliphatic heterocycles. The van der Waals surface area contributed by atoms with Crippen molar-refractivity contribution in [3.63, 3.8) is 0 Å². The highest BCUT2D eigenvalue weighted by Crippen LogP contribution is 2.33. The van der Waals surface area contributed by atoms with Gasteiger partial charge >= 0.3 is 11.8 Å². The topological polar surface area (TPSA) is 79.8 Å². The Labute approximate surface area is 132 Å². The second kappa shape index (κ2) is 8.49. The molecule has 0 unspecified atom stereocenters. The molecule has 21 heavy (non-hydrogen) atoms. The second-order valence-corrected chi connectivity index (χ2v) is 4.62. The van der Waals surface area contributed by atoms with E-state index in [-0.39, 0.29) is 0 Å². The zero-order chi connectivity index (χ0) is 15.8. The third-order valence-corrected chi connectivity index (χ3v) is 2.79. The molecule has 1 aromatic carbocycles. The number of likely N-dealkylation sites (N-methyl/N-ethyl adjacent to an activating group) is 1. The minimum Gasteiger partial charge on any atom is -0.491 e. The van der Waals surface area contributed by atoms with Crippen molar-refractivity contribution < 1.29 is 14.3 Å². The Kier molecular flexibility index (Phi) is 6.98. The molecule has 1 rings (SSSR count). The minimum atomic E-state index is -0.851. The molecule has 0 aliphatic carbocycles. The molecule has 0 bridgehead atoms. The maximum Gasteiger partial charge on any atom is 0.329 e. The fraction of sp³-hybridized carbons (Fsp3) is 0.308. The van der Waals surface area contributed by atoms with Crippen LogP contribution in [0.3, 0.4) is 0 Å². The van der Waals surface area contributed by atoms with Crippen LogP contribution in [0.2, 0.25) is 10.0 Å². The summed E-state index contributed by atoms with van der Waals surface area (Å²) in [6.45, 7) is 4.33. The molecular weight excluding hydrogens is 317 g/mol. The Balaban J connectivity index is 2.73. The van der Waals surface area contributed by atoms with Gasteiger partial charge in [-0.3, -0.25) is 9.59 Å². The summed E-state index contributed by atoms with van der Waals surface area (Å²) in [4.78, 5) is 22.4. The number of nitrogens with zero attached hydrogens (tertiary/aromatic N) is 1. The van der Waals surface area contributed by atoms with Crippen LogP contribution in [0.15, 0.2) is 17.2 Å². The van der Waals surface area contributed by atoms with Gasteiger partial charge in [-0.15, -0.1) is 0 Å². The van der Waals surface area contributed by atoms with Crippen molar-refractivity contribution in [3.8, 4) is 5.75 Å². The van der Waals surface area contributed by atoms with Gasteiger partial charge < -0.3 is 10.1 Å². The standard InChI is InChI=1S/C13H15Cl2N3O3/c1-3-16-12(19)13(20)18-17-7-8-5-9(14)11(21-4-2)10(15)6-8/h5-7H,3-4H2,1-2H3,(H,16,19)(H,18,20)/b17-7-. The molecule has 114 valence electrons. The van der Waals surface area contributed by atoms with Gasteiger partial charge in [-0.25, -0.2) is 5.43 Å². The first-order valence-corrected chi connectivity index (χ1v) is 6.98. The fourth-order valence-electron chi connectivity index (χ4n) is 1.39. The van der Waals surface area contributed by atoms with Crippen LogP contribution >= 0.6 is 23.2 Å². The van der Waals surface area contributed by atoms with Crippen molar-refractivity contribution in [2.24, 2.45) is 5.10 Å². The van der Waals surface area contributed by atoms with Crippen molar-refractivity contribution in [2.75, 3.05) is 13.2 Å². The van der Waals surface area contributed by atoms with Crippen molar-refractivity contribution in [3.05, 3.63) is 27.7 Å². The van der Waals surface area contributed by atoms with E-state index in [0.29, 0.717) is 34.5 Å². The molecule has 0 saturated heterocycles. The summed E-state index contributed by atoms with van der Waals surface area (Å²) in [7, 11) is 0. The van der Waals surface area contributed by atoms with Gasteiger partial charge in [0.25, 0.3) is 0 Å². The second-order valence-electron chi connectivity index (χ2n) is 3.81. The van der Waals surface area contributed by atoms with Crippen LogP contribution in [0.5, 0.6) is 5.75 Å². The Morgan fingerprint density at radius 3 is 2.38 bits per heavy atom. The van der Waals surface area contributed by atoms with Gasteiger partial charge in [0.2, 0.25) is 0 Å². The summed E-state index contributed by atoms with van der Waals surface area (Å²) in [5, 5.41) is 6.68. The van der Waals surface area contributed by atoms with Gasteiger partial charge in [0.1, 0.15) is 0 Å². The van der Waals surface area contributed by atoms with Crippen LogP contribution in [-0.4, -0.2) is 31.2 Å². The number of amides is 2. The number of carbonyl (C=O) groups is 2. The van der Waals surface area contributed by atoms with Gasteiger partial charge in [-0.2, -0.15) is 5.10 Å². The number of hydrazone groups is 1. The zero-order valence-corrected chi connectivity index (χ0v) is 13.1. The smallest absolute Gasteiger partial charge is 0.329 e. The van der Waals surface area contributed by atoms with E-state index in [1.807, 2.05) is 6.92 Å². The maximum atomic E-state index is 11.3. The molecule has 0 spiro atoms. The average Bonchev–Trinajstić information content (AvgIpc) is 2.43. The van der Waals surface area contributed by atoms with Gasteiger partial charge in [0.05, 0.1) is 22.9 Å². The van der Waals surface area contributed by atoms with E-state index in [1.54, 1.807) is 19.1 Å². The van der Waals surface area contributed by atoms with Crippen LogP contribution in [0, 0.1) is 0 Å². The summed E-state index contributed by atoms with van der Waals surface area (Å²) < 4.78 is 5.29. The van der Waals surface area contributed by atoms with Crippen molar-refractivity contribution >= 4 is 41.2 Å². The highest BCUT2D eigenvalue weighted by atomic mass is 35.5. The predicted octanol–water partition coefficient (Wildman–Crippen LogP) is 1.98. The Hall–Kier alpha value is -1.79. The van der Waals surface area contributed by atoms with E-state index in [4.69, 9.17) is 27.9 Å². The van der Waals surface area contributed by atoms with E-state index in [2.05, 4.69) is 15.8 Å². The lowest BCUT2D eigenvalue weighted by molar-refractivity contribution is -0.139. The Bertz CT molecular complexity index is 539. The summed E-state index contributed by atoms with van der Waals surface area (Å²) >= 11 is 12.0. The molecule has 0 fully saturated rings. The van der Waals surface area contributed by atoms with E-state index < -0.39 is 11.8 Å². The molecule has 0 radical (unpaired) electrons. The molecule has 1 aromatic rings. The lowest BCUT2D eigenvalue weighted by Gasteiger charge is -2.08. The summed E-state index contributed by atoms with van der Waals surface area (Å²) in [5.41, 5.74) is 2.66. The summed E-state index contributed by atoms with van der Waals surface area (Å²) in [6.07, 6.45) is 1.32. The average molecular weight is 332 g/mol. The van der Waals surface area contributed by atoms with Crippen LogP contribution in [0.4, 0.5) is 0 Å². The number of nitrogens with one attached hydrogen (secondary N) is 2. The molecule has 0 aliphatic rings. The van der Waals surface area contributed by atoms with Crippen molar-refractivity contribution in [1.29, 1.82) is 0 Å². The van der Waals surface area contributed by atoms with Gasteiger partial charge in [0.15, 0.2) is 5.75 Å². The Morgan fingerprint density at radius 2 is 1.86 bits per heavy atom. The minimum absolute atomic E-state index is 0.334. The van der Waals surface area contributed by atoms with E-state index in [0.717, 1.165) is 0 Å². The molecular formula is C13H15Cl2N3O3. The third-order valence-electron chi connectivity index (χ3n) is 2.23. The highest BCUT2D eigenvalue weighted by molar-refractivity contribution is 6.37. The molecule has 2 amide bonds. The van der Waals surface area contributed by atoms with Gasteiger partial charge in [-0.1, -0.05) is 23.2 Å². The number of carbonyl (C=O) groups excluding carboxylic acids is 2. The lowest BCUT2D eigenvalue weighted by Crippen LogP contribution is -2.37. The number of benzene rings is 1. The van der Waals surface area contributed by atoms with Crippen LogP contribution < -0.4 is 15.5 Å². The van der Waals surface area contributed by atoms with E-state index in [1.165, 1.54) is 6.21 Å². The first kappa shape index (κ1) is 17.3. The first-order valence-electron chi connectivity index (χ1n) is 6.22. The van der Waals surface area contributed by atoms with Crippen LogP contribution in [0.25, 0.3) is 0 Å². The molecule has 8 heteroatoms. The normalized spacial score (nSPS) is 10.5. The molecule has 0 saturated carbocycles. The molecule has 0 heterocycles. The monoisotopic (exact) mass is 331 g/mol. The number of hydrogen-bond acceptors (Lipinski definition) is 4. The number of hydrogen-bond donors (Lipinski definition) is 2. The van der Waals surface area contributed by atoms with E-state index in [9.17, 15) is 9.59 Å². The molecule has 0 atom stereocenters. The summed E-state index contributed by atoms with van der Waals surface area (Å²) in [6, 6.07) is 3.17. The quantitative estimate of drug-likeness (QED) is 0.492. The number of rotatable bonds is 5. The molecule has 2 N–H and O–H groups in total. The molecule has 6 nitrogen and oxygen atoms in total. The molecule has 0 aromatic heterocycles. The highest BCUT2D eigenvalue weighted by Gasteiger charge is 2.11. The number of ether oxygens (including phenoxy) is 1. The van der Waals surface area contributed by atoms with Crippen LogP contribution in [0.1, 0.15) is 19.4 Å². The van der Waals surface area contributed by atoms with Crippen LogP contribution in [-0.2, 0) is 9.59 Å². The lowest BCUT2D eigenvalue weighted by atomic mass is 10.2. The van der Waals surface area contributed by atoms with Gasteiger partial charge in [0, 0.05) is 6.54 Å². The SMILES string of the molecule is CCNC(=O)C(=O)N/N=C\c1cc(Cl)c(OCC)c(Cl)c1. The largest absolute Gasteiger partial charge is 0.491 e. The number of halogens is 2. The third kappa shape index (κ3) is 5.24. The van der Waals surface area contributed by atoms with Crippen molar-refractivity contribution in [2.45, 2.75) is 13.8 Å². The van der Waals surface area contributed by atoms with Gasteiger partial charge in [-0.05, 0) is 31.5 Å². The zero-order valence-electron chi connectivity index (χ0n) is 11.6. The fourth-order valence-corrected chi connectivity index (χ4v) is 2.01. The van der Waals surface area contributed by atoms with E-state index >= 15 is 0 Å². The first-order chi connectivity index (χ1) is 9.99. The summed E-state index contributed by atoms with van der Waals surface area (Å²) in [5.74, 6) is -1.21. The Morgan fingerprint density at radius 1 is 1.24 bits per heavy atom. The van der Waals surface area contributed by atoms with Crippen molar-refractivity contribution in [1.82, 2.24) is 10.7 Å².